The number of H-pyrrole nitrogens is 1. The highest BCUT2D eigenvalue weighted by Gasteiger charge is 2.31. The summed E-state index contributed by atoms with van der Waals surface area (Å²) in [7, 11) is 0. The summed E-state index contributed by atoms with van der Waals surface area (Å²) in [6.45, 7) is 3.43. The predicted octanol–water partition coefficient (Wildman–Crippen LogP) is 2.47. The molecule has 28 heavy (non-hydrogen) atoms. The Bertz CT molecular complexity index is 823. The van der Waals surface area contributed by atoms with Crippen molar-refractivity contribution in [3.05, 3.63) is 58.6 Å². The van der Waals surface area contributed by atoms with Crippen molar-refractivity contribution in [1.82, 2.24) is 14.9 Å². The van der Waals surface area contributed by atoms with E-state index in [1.54, 1.807) is 6.07 Å². The third kappa shape index (κ3) is 4.43. The number of likely N-dealkylation sites (tertiary alicyclic amines) is 1. The summed E-state index contributed by atoms with van der Waals surface area (Å²) in [5.41, 5.74) is 1.11. The number of carbonyl (C=O) groups is 1. The molecule has 2 aromatic heterocycles. The number of hydrogen-bond acceptors (Lipinski definition) is 4. The Labute approximate surface area is 165 Å². The number of pyridine rings is 2. The summed E-state index contributed by atoms with van der Waals surface area (Å²) >= 11 is 0. The molecule has 2 saturated heterocycles. The van der Waals surface area contributed by atoms with Gasteiger partial charge in [0, 0.05) is 44.6 Å². The molecule has 2 aromatic rings. The van der Waals surface area contributed by atoms with E-state index in [9.17, 15) is 9.59 Å². The first-order valence-corrected chi connectivity index (χ1v) is 10.3. The standard InChI is InChI=1S/C22H28N4O2/c27-21-7-6-18(15-24-21)14-17-8-12-25(13-9-17)22(28)19-4-3-11-26(16-19)20-5-1-2-10-23-20/h1-2,5-7,10,15,17,19H,3-4,8-9,11-14,16H2,(H,24,27). The van der Waals surface area contributed by atoms with Crippen molar-refractivity contribution in [2.24, 2.45) is 11.8 Å². The van der Waals surface area contributed by atoms with Crippen molar-refractivity contribution in [1.29, 1.82) is 0 Å². The summed E-state index contributed by atoms with van der Waals surface area (Å²) in [6, 6.07) is 9.44. The minimum Gasteiger partial charge on any atom is -0.356 e. The van der Waals surface area contributed by atoms with Crippen LogP contribution in [0.15, 0.2) is 47.5 Å². The molecule has 0 aliphatic carbocycles. The molecule has 1 atom stereocenters. The maximum atomic E-state index is 13.1. The van der Waals surface area contributed by atoms with Gasteiger partial charge in [0.25, 0.3) is 0 Å². The van der Waals surface area contributed by atoms with Gasteiger partial charge in [0.2, 0.25) is 11.5 Å². The second-order valence-electron chi connectivity index (χ2n) is 8.01. The molecule has 1 amide bonds. The van der Waals surface area contributed by atoms with Crippen LogP contribution in [0.25, 0.3) is 0 Å². The minimum absolute atomic E-state index is 0.0589. The second kappa shape index (κ2) is 8.59. The summed E-state index contributed by atoms with van der Waals surface area (Å²) in [4.78, 5) is 35.8. The number of aromatic amines is 1. The number of nitrogens with one attached hydrogen (secondary N) is 1. The van der Waals surface area contributed by atoms with E-state index in [0.29, 0.717) is 11.8 Å². The number of carbonyl (C=O) groups excluding carboxylic acids is 1. The second-order valence-corrected chi connectivity index (χ2v) is 8.01. The number of anilines is 1. The first kappa shape index (κ1) is 18.7. The average molecular weight is 380 g/mol. The van der Waals surface area contributed by atoms with Crippen molar-refractivity contribution in [2.45, 2.75) is 32.1 Å². The fourth-order valence-corrected chi connectivity index (χ4v) is 4.45. The molecule has 1 unspecified atom stereocenters. The van der Waals surface area contributed by atoms with Gasteiger partial charge in [-0.2, -0.15) is 0 Å². The number of amides is 1. The molecule has 4 heterocycles. The number of aromatic nitrogens is 2. The third-order valence-electron chi connectivity index (χ3n) is 6.04. The zero-order valence-corrected chi connectivity index (χ0v) is 16.2. The van der Waals surface area contributed by atoms with Gasteiger partial charge in [-0.05, 0) is 55.7 Å². The summed E-state index contributed by atoms with van der Waals surface area (Å²) < 4.78 is 0. The highest BCUT2D eigenvalue weighted by atomic mass is 16.2. The van der Waals surface area contributed by atoms with Gasteiger partial charge in [-0.25, -0.2) is 4.98 Å². The quantitative estimate of drug-likeness (QED) is 0.885. The Balaban J connectivity index is 1.30. The van der Waals surface area contributed by atoms with E-state index in [2.05, 4.69) is 19.8 Å². The Kier molecular flexibility index (Phi) is 5.74. The molecule has 0 spiro atoms. The highest BCUT2D eigenvalue weighted by molar-refractivity contribution is 5.79. The van der Waals surface area contributed by atoms with Crippen molar-refractivity contribution >= 4 is 11.7 Å². The monoisotopic (exact) mass is 380 g/mol. The van der Waals surface area contributed by atoms with Crippen LogP contribution in [0, 0.1) is 11.8 Å². The molecule has 0 radical (unpaired) electrons. The molecule has 0 saturated carbocycles. The number of piperidine rings is 2. The Morgan fingerprint density at radius 2 is 1.96 bits per heavy atom. The fourth-order valence-electron chi connectivity index (χ4n) is 4.45. The maximum absolute atomic E-state index is 13.1. The van der Waals surface area contributed by atoms with E-state index >= 15 is 0 Å². The van der Waals surface area contributed by atoms with Gasteiger partial charge in [0.05, 0.1) is 5.92 Å². The molecular formula is C22H28N4O2. The van der Waals surface area contributed by atoms with Crippen LogP contribution in [-0.4, -0.2) is 47.0 Å². The van der Waals surface area contributed by atoms with Gasteiger partial charge in [0.1, 0.15) is 5.82 Å². The van der Waals surface area contributed by atoms with E-state index in [1.165, 1.54) is 5.56 Å². The fraction of sp³-hybridized carbons (Fsp3) is 0.500. The van der Waals surface area contributed by atoms with Crippen LogP contribution in [0.5, 0.6) is 0 Å². The lowest BCUT2D eigenvalue weighted by Gasteiger charge is -2.38. The summed E-state index contributed by atoms with van der Waals surface area (Å²) in [5.74, 6) is 1.93. The van der Waals surface area contributed by atoms with Crippen LogP contribution in [0.1, 0.15) is 31.2 Å². The average Bonchev–Trinajstić information content (AvgIpc) is 2.76. The smallest absolute Gasteiger partial charge is 0.247 e. The molecule has 0 aromatic carbocycles. The zero-order valence-electron chi connectivity index (χ0n) is 16.2. The highest BCUT2D eigenvalue weighted by Crippen LogP contribution is 2.26. The molecule has 6 heteroatoms. The van der Waals surface area contributed by atoms with E-state index < -0.39 is 0 Å². The van der Waals surface area contributed by atoms with Gasteiger partial charge in [-0.3, -0.25) is 9.59 Å². The van der Waals surface area contributed by atoms with Gasteiger partial charge >= 0.3 is 0 Å². The topological polar surface area (TPSA) is 69.3 Å². The van der Waals surface area contributed by atoms with Crippen LogP contribution in [-0.2, 0) is 11.2 Å². The van der Waals surface area contributed by atoms with Crippen LogP contribution in [0.2, 0.25) is 0 Å². The SMILES string of the molecule is O=C(C1CCCN(c2ccccn2)C1)N1CCC(Cc2ccc(=O)[nH]c2)CC1. The molecule has 2 fully saturated rings. The lowest BCUT2D eigenvalue weighted by atomic mass is 9.89. The molecule has 148 valence electrons. The third-order valence-corrected chi connectivity index (χ3v) is 6.04. The Morgan fingerprint density at radius 1 is 1.11 bits per heavy atom. The van der Waals surface area contributed by atoms with E-state index in [1.807, 2.05) is 36.7 Å². The lowest BCUT2D eigenvalue weighted by molar-refractivity contribution is -0.137. The van der Waals surface area contributed by atoms with Crippen molar-refractivity contribution < 1.29 is 4.79 Å². The molecule has 0 bridgehead atoms. The van der Waals surface area contributed by atoms with Gasteiger partial charge in [-0.1, -0.05) is 12.1 Å². The number of nitrogens with zero attached hydrogens (tertiary/aromatic N) is 3. The molecular weight excluding hydrogens is 352 g/mol. The van der Waals surface area contributed by atoms with E-state index in [-0.39, 0.29) is 11.5 Å². The van der Waals surface area contributed by atoms with Crippen LogP contribution in [0.3, 0.4) is 0 Å². The minimum atomic E-state index is -0.0589. The first-order valence-electron chi connectivity index (χ1n) is 10.3. The predicted molar refractivity (Wildman–Crippen MR) is 109 cm³/mol. The molecule has 2 aliphatic heterocycles. The van der Waals surface area contributed by atoms with Crippen molar-refractivity contribution in [3.8, 4) is 0 Å². The molecule has 6 nitrogen and oxygen atoms in total. The van der Waals surface area contributed by atoms with E-state index in [4.69, 9.17) is 0 Å². The van der Waals surface area contributed by atoms with Crippen molar-refractivity contribution in [3.63, 3.8) is 0 Å². The molecule has 2 aliphatic rings. The Hall–Kier alpha value is -2.63. The molecule has 4 rings (SSSR count). The van der Waals surface area contributed by atoms with Gasteiger partial charge in [-0.15, -0.1) is 0 Å². The van der Waals surface area contributed by atoms with E-state index in [0.717, 1.165) is 64.1 Å². The lowest BCUT2D eigenvalue weighted by Crippen LogP contribution is -2.47. The normalized spacial score (nSPS) is 20.9. The summed E-state index contributed by atoms with van der Waals surface area (Å²) in [5, 5.41) is 0. The van der Waals surface area contributed by atoms with Crippen LogP contribution >= 0.6 is 0 Å². The van der Waals surface area contributed by atoms with Gasteiger partial charge < -0.3 is 14.8 Å². The maximum Gasteiger partial charge on any atom is 0.247 e. The van der Waals surface area contributed by atoms with Crippen LogP contribution < -0.4 is 10.5 Å². The van der Waals surface area contributed by atoms with Crippen LogP contribution in [0.4, 0.5) is 5.82 Å². The summed E-state index contributed by atoms with van der Waals surface area (Å²) in [6.07, 6.45) is 8.66. The molecule has 1 N–H and O–H groups in total. The first-order chi connectivity index (χ1) is 13.7. The van der Waals surface area contributed by atoms with Gasteiger partial charge in [0.15, 0.2) is 0 Å². The van der Waals surface area contributed by atoms with Crippen molar-refractivity contribution in [2.75, 3.05) is 31.1 Å². The Morgan fingerprint density at radius 3 is 2.68 bits per heavy atom. The largest absolute Gasteiger partial charge is 0.356 e. The number of hydrogen-bond donors (Lipinski definition) is 1. The number of rotatable bonds is 4. The zero-order chi connectivity index (χ0) is 19.3.